The number of piperidine rings is 2. The molecule has 5 fully saturated rings. The van der Waals surface area contributed by atoms with E-state index in [2.05, 4.69) is 73.9 Å². The topological polar surface area (TPSA) is 196 Å². The van der Waals surface area contributed by atoms with Gasteiger partial charge in [-0.1, -0.05) is 0 Å². The zero-order chi connectivity index (χ0) is 51.4. The summed E-state index contributed by atoms with van der Waals surface area (Å²) in [5.74, 6) is -2.60. The molecule has 7 heterocycles. The first kappa shape index (κ1) is 49.6. The molecule has 0 unspecified atom stereocenters. The number of rotatable bonds is 13. The molecule has 0 spiro atoms. The molecule has 1 aliphatic carbocycles. The summed E-state index contributed by atoms with van der Waals surface area (Å²) in [6.45, 7) is 8.64. The van der Waals surface area contributed by atoms with Crippen LogP contribution in [-0.4, -0.2) is 135 Å². The van der Waals surface area contributed by atoms with E-state index in [0.717, 1.165) is 68.7 Å². The first-order valence-electron chi connectivity index (χ1n) is 25.2. The van der Waals surface area contributed by atoms with E-state index in [1.807, 2.05) is 41.4 Å². The molecule has 0 bridgehead atoms. The van der Waals surface area contributed by atoms with Gasteiger partial charge in [-0.15, -0.1) is 0 Å². The van der Waals surface area contributed by atoms with E-state index >= 15 is 8.78 Å². The van der Waals surface area contributed by atoms with Gasteiger partial charge >= 0.3 is 0 Å². The SMILES string of the molecule is Cn1cc(-c2cc(Nc3ncc(Br)c(Nc4ccc5nccnc5c4P(C)(C)=O)n3)c(OC3CC3)cc2N2CCC(N3CCN(C(=O)[C@@H]4CCN(c5cc(F)c([C@H]6CCC(=O)NC6=O)c(F)c5)C4)CC3)CC2)cn1. The molecule has 4 saturated heterocycles. The van der Waals surface area contributed by atoms with Crippen molar-refractivity contribution in [1.82, 2.24) is 44.8 Å². The Morgan fingerprint density at radius 1 is 0.851 bits per heavy atom. The van der Waals surface area contributed by atoms with Gasteiger partial charge in [0.2, 0.25) is 23.7 Å². The molecule has 6 aromatic rings. The van der Waals surface area contributed by atoms with Crippen LogP contribution in [0.3, 0.4) is 0 Å². The van der Waals surface area contributed by atoms with Crippen molar-refractivity contribution in [2.24, 2.45) is 13.0 Å². The third-order valence-electron chi connectivity index (χ3n) is 14.8. The fraction of sp³-hybridized carbons (Fsp3) is 0.423. The van der Waals surface area contributed by atoms with Crippen molar-refractivity contribution in [3.63, 3.8) is 0 Å². The molecule has 3 aromatic heterocycles. The van der Waals surface area contributed by atoms with E-state index < -0.39 is 36.5 Å². The third-order valence-corrected chi connectivity index (χ3v) is 16.9. The molecule has 1 saturated carbocycles. The minimum absolute atomic E-state index is 0.0209. The maximum absolute atomic E-state index is 15.4. The molecule has 386 valence electrons. The lowest BCUT2D eigenvalue weighted by Crippen LogP contribution is -2.55. The number of nitrogens with one attached hydrogen (secondary N) is 3. The van der Waals surface area contributed by atoms with Crippen molar-refractivity contribution >= 4 is 91.6 Å². The van der Waals surface area contributed by atoms with Crippen LogP contribution in [-0.2, 0) is 26.0 Å². The Morgan fingerprint density at radius 2 is 1.59 bits per heavy atom. The van der Waals surface area contributed by atoms with Crippen LogP contribution >= 0.6 is 23.1 Å². The van der Waals surface area contributed by atoms with Crippen LogP contribution in [0.25, 0.3) is 22.2 Å². The number of carbonyl (C=O) groups excluding carboxylic acids is 3. The van der Waals surface area contributed by atoms with Crippen molar-refractivity contribution in [3.8, 4) is 16.9 Å². The lowest BCUT2D eigenvalue weighted by atomic mass is 9.89. The summed E-state index contributed by atoms with van der Waals surface area (Å²) in [4.78, 5) is 65.1. The summed E-state index contributed by atoms with van der Waals surface area (Å²) < 4.78 is 53.5. The monoisotopic (exact) mass is 1090 g/mol. The third kappa shape index (κ3) is 10.3. The Bertz CT molecular complexity index is 3210. The standard InChI is InChI=1S/C52H57BrF2N13O5P/c1-64-28-31(26-59-64)36-24-42(61-52-58-27-37(53)49(63-52)60-41-8-7-40-47(57-14-13-56-40)48(41)74(2,3)72)44(73-34-4-5-34)25-43(36)66-16-11-32(12-17-66)65-18-20-67(21-19-65)51(71)30-10-15-68(29-30)33-22-38(54)46(39(55)23-33)35-6-9-45(69)62-50(35)70/h7-8,13-14,22-28,30,32,34-35H,4-6,9-12,15-21,29H2,1-3H3,(H,62,69,70)(H2,58,60,61,63)/t30-,35-/m1/s1. The summed E-state index contributed by atoms with van der Waals surface area (Å²) in [6, 6.07) is 10.7. The van der Waals surface area contributed by atoms with Gasteiger partial charge in [-0.05, 0) is 98.1 Å². The molecule has 5 aliphatic rings. The summed E-state index contributed by atoms with van der Waals surface area (Å²) in [5, 5.41) is 14.2. The first-order chi connectivity index (χ1) is 35.6. The van der Waals surface area contributed by atoms with Crippen molar-refractivity contribution < 1.29 is 32.5 Å². The summed E-state index contributed by atoms with van der Waals surface area (Å²) in [5.41, 5.74) is 5.54. The number of imide groups is 1. The maximum atomic E-state index is 15.4. The molecule has 11 rings (SSSR count). The minimum Gasteiger partial charge on any atom is -0.488 e. The number of hydrogen-bond acceptors (Lipinski definition) is 15. The van der Waals surface area contributed by atoms with E-state index in [-0.39, 0.29) is 36.3 Å². The molecule has 3 amide bonds. The van der Waals surface area contributed by atoms with E-state index in [4.69, 9.17) is 9.72 Å². The summed E-state index contributed by atoms with van der Waals surface area (Å²) in [6.07, 6.45) is 13.3. The predicted octanol–water partition coefficient (Wildman–Crippen LogP) is 7.30. The number of benzene rings is 3. The summed E-state index contributed by atoms with van der Waals surface area (Å²) in [7, 11) is -0.929. The Hall–Kier alpha value is -6.57. The molecule has 18 nitrogen and oxygen atoms in total. The Balaban J connectivity index is 0.751. The Morgan fingerprint density at radius 3 is 2.30 bits per heavy atom. The van der Waals surface area contributed by atoms with E-state index in [9.17, 15) is 18.9 Å². The van der Waals surface area contributed by atoms with E-state index in [1.54, 1.807) is 36.6 Å². The van der Waals surface area contributed by atoms with Gasteiger partial charge in [0.05, 0.1) is 50.8 Å². The van der Waals surface area contributed by atoms with Gasteiger partial charge in [0.1, 0.15) is 35.9 Å². The summed E-state index contributed by atoms with van der Waals surface area (Å²) >= 11 is 3.62. The van der Waals surface area contributed by atoms with Crippen LogP contribution in [0.5, 0.6) is 5.75 Å². The molecule has 3 aromatic carbocycles. The highest BCUT2D eigenvalue weighted by Crippen LogP contribution is 2.45. The lowest BCUT2D eigenvalue weighted by molar-refractivity contribution is -0.137. The number of carbonyl (C=O) groups is 3. The van der Waals surface area contributed by atoms with Crippen LogP contribution < -0.4 is 35.8 Å². The molecule has 22 heteroatoms. The quantitative estimate of drug-likeness (QED) is 0.0770. The van der Waals surface area contributed by atoms with Gasteiger partial charge < -0.3 is 34.6 Å². The normalized spacial score (nSPS) is 20.1. The number of amides is 3. The minimum atomic E-state index is -2.83. The van der Waals surface area contributed by atoms with Crippen LogP contribution in [0, 0.1) is 17.6 Å². The number of ether oxygens (including phenoxy) is 1. The molecule has 74 heavy (non-hydrogen) atoms. The molecule has 3 N–H and O–H groups in total. The maximum Gasteiger partial charge on any atom is 0.234 e. The van der Waals surface area contributed by atoms with Gasteiger partial charge in [-0.2, -0.15) is 10.1 Å². The second-order valence-electron chi connectivity index (χ2n) is 20.3. The smallest absolute Gasteiger partial charge is 0.234 e. The predicted molar refractivity (Wildman–Crippen MR) is 282 cm³/mol. The van der Waals surface area contributed by atoms with Gasteiger partial charge in [0, 0.05) is 131 Å². The molecular formula is C52H57BrF2N13O5P. The number of anilines is 6. The average molecular weight is 1090 g/mol. The number of fused-ring (bicyclic) bond motifs is 1. The molecule has 4 aliphatic heterocycles. The van der Waals surface area contributed by atoms with Crippen molar-refractivity contribution in [1.29, 1.82) is 0 Å². The highest BCUT2D eigenvalue weighted by Gasteiger charge is 2.38. The fourth-order valence-corrected chi connectivity index (χ4v) is 12.6. The van der Waals surface area contributed by atoms with Crippen molar-refractivity contribution in [2.75, 3.05) is 86.1 Å². The first-order valence-corrected chi connectivity index (χ1v) is 28.6. The fourth-order valence-electron chi connectivity index (χ4n) is 10.9. The zero-order valence-electron chi connectivity index (χ0n) is 41.4. The van der Waals surface area contributed by atoms with Gasteiger partial charge in [-0.25, -0.2) is 13.8 Å². The number of halogens is 3. The van der Waals surface area contributed by atoms with Gasteiger partial charge in [0.15, 0.2) is 0 Å². The van der Waals surface area contributed by atoms with Crippen LogP contribution in [0.4, 0.5) is 43.3 Å². The highest BCUT2D eigenvalue weighted by molar-refractivity contribution is 9.10. The molecular weight excluding hydrogens is 1040 g/mol. The van der Waals surface area contributed by atoms with E-state index in [1.165, 1.54) is 12.1 Å². The molecule has 0 radical (unpaired) electrons. The van der Waals surface area contributed by atoms with Crippen molar-refractivity contribution in [3.05, 3.63) is 89.1 Å². The second kappa shape index (κ2) is 20.3. The van der Waals surface area contributed by atoms with Gasteiger partial charge in [0.25, 0.3) is 0 Å². The number of aryl methyl sites for hydroxylation is 1. The number of nitrogens with zero attached hydrogens (tertiary/aromatic N) is 10. The highest BCUT2D eigenvalue weighted by atomic mass is 79.9. The van der Waals surface area contributed by atoms with Crippen LogP contribution in [0.15, 0.2) is 71.9 Å². The average Bonchev–Trinajstić information content (AvgIpc) is 3.87. The Kier molecular flexibility index (Phi) is 13.6. The van der Waals surface area contributed by atoms with Crippen LogP contribution in [0.1, 0.15) is 56.4 Å². The Labute approximate surface area is 435 Å². The molecule has 2 atom stereocenters. The zero-order valence-corrected chi connectivity index (χ0v) is 43.8. The number of aromatic nitrogens is 6. The second-order valence-corrected chi connectivity index (χ2v) is 24.3. The number of piperazine rings is 1. The van der Waals surface area contributed by atoms with Gasteiger partial charge in [-0.3, -0.25) is 39.3 Å². The van der Waals surface area contributed by atoms with Crippen molar-refractivity contribution in [2.45, 2.75) is 63.0 Å². The van der Waals surface area contributed by atoms with E-state index in [0.29, 0.717) is 94.0 Å². The lowest BCUT2D eigenvalue weighted by Gasteiger charge is -2.44. The van der Waals surface area contributed by atoms with Crippen LogP contribution in [0.2, 0.25) is 0 Å². The number of hydrogen-bond donors (Lipinski definition) is 3. The largest absolute Gasteiger partial charge is 0.488 e.